The highest BCUT2D eigenvalue weighted by molar-refractivity contribution is 9.10. The van der Waals surface area contributed by atoms with Gasteiger partial charge in [0.15, 0.2) is 0 Å². The first-order valence-corrected chi connectivity index (χ1v) is 8.11. The third-order valence-corrected chi connectivity index (χ3v) is 4.77. The van der Waals surface area contributed by atoms with Crippen LogP contribution in [0.15, 0.2) is 16.7 Å². The lowest BCUT2D eigenvalue weighted by atomic mass is 9.90. The fourth-order valence-corrected chi connectivity index (χ4v) is 3.58. The Bertz CT molecular complexity index is 526. The topological polar surface area (TPSA) is 68.5 Å². The minimum atomic E-state index is -0.362. The Morgan fingerprint density at radius 2 is 2.14 bits per heavy atom. The van der Waals surface area contributed by atoms with Crippen molar-refractivity contribution in [3.8, 4) is 0 Å². The molecule has 0 radical (unpaired) electrons. The number of hydrogen-bond acceptors (Lipinski definition) is 5. The van der Waals surface area contributed by atoms with Crippen LogP contribution in [-0.2, 0) is 4.74 Å². The van der Waals surface area contributed by atoms with Crippen LogP contribution in [0.4, 0.5) is 11.5 Å². The van der Waals surface area contributed by atoms with Crippen molar-refractivity contribution >= 4 is 27.4 Å². The lowest BCUT2D eigenvalue weighted by Gasteiger charge is -2.34. The van der Waals surface area contributed by atoms with Crippen LogP contribution in [-0.4, -0.2) is 35.7 Å². The number of nitrogens with zero attached hydrogens (tertiary/aromatic N) is 3. The first-order valence-electron chi connectivity index (χ1n) is 7.31. The molecule has 2 aliphatic heterocycles. The monoisotopic (exact) mass is 355 g/mol. The van der Waals surface area contributed by atoms with Crippen LogP contribution in [0.2, 0.25) is 0 Å². The second kappa shape index (κ2) is 6.27. The second-order valence-electron chi connectivity index (χ2n) is 5.63. The van der Waals surface area contributed by atoms with E-state index in [1.807, 2.05) is 4.90 Å². The maximum Gasteiger partial charge on any atom is 0.312 e. The summed E-state index contributed by atoms with van der Waals surface area (Å²) in [6, 6.07) is 1.52. The van der Waals surface area contributed by atoms with Crippen LogP contribution >= 0.6 is 15.9 Å². The van der Waals surface area contributed by atoms with E-state index < -0.39 is 0 Å². The predicted octanol–water partition coefficient (Wildman–Crippen LogP) is 3.15. The fraction of sp³-hybridized carbons (Fsp3) is 0.643. The highest BCUT2D eigenvalue weighted by Crippen LogP contribution is 2.34. The van der Waals surface area contributed by atoms with Gasteiger partial charge in [0, 0.05) is 36.4 Å². The summed E-state index contributed by atoms with van der Waals surface area (Å²) in [7, 11) is 0. The number of anilines is 1. The van der Waals surface area contributed by atoms with Crippen LogP contribution in [0.25, 0.3) is 0 Å². The van der Waals surface area contributed by atoms with Crippen molar-refractivity contribution < 1.29 is 9.66 Å². The molecular formula is C14H18BrN3O3. The van der Waals surface area contributed by atoms with Gasteiger partial charge in [-0.3, -0.25) is 10.1 Å². The zero-order valence-corrected chi connectivity index (χ0v) is 13.3. The molecule has 0 amide bonds. The maximum atomic E-state index is 11.2. The minimum Gasteiger partial charge on any atom is -0.378 e. The average molecular weight is 356 g/mol. The molecule has 2 fully saturated rings. The van der Waals surface area contributed by atoms with Gasteiger partial charge in [-0.2, -0.15) is 0 Å². The summed E-state index contributed by atoms with van der Waals surface area (Å²) in [5.74, 6) is 1.06. The van der Waals surface area contributed by atoms with E-state index in [-0.39, 0.29) is 10.6 Å². The summed E-state index contributed by atoms with van der Waals surface area (Å²) in [6.07, 6.45) is 6.35. The van der Waals surface area contributed by atoms with E-state index in [0.717, 1.165) is 45.4 Å². The Morgan fingerprint density at radius 1 is 1.38 bits per heavy atom. The van der Waals surface area contributed by atoms with Crippen molar-refractivity contribution in [3.05, 3.63) is 26.9 Å². The third kappa shape index (κ3) is 3.18. The first-order chi connectivity index (χ1) is 10.1. The Kier molecular flexibility index (Phi) is 4.40. The molecule has 2 aliphatic rings. The summed E-state index contributed by atoms with van der Waals surface area (Å²) in [6.45, 7) is 2.49. The van der Waals surface area contributed by atoms with Gasteiger partial charge in [-0.1, -0.05) is 0 Å². The van der Waals surface area contributed by atoms with Crippen LogP contribution in [0, 0.1) is 16.0 Å². The molecule has 3 heterocycles. The van der Waals surface area contributed by atoms with Crippen molar-refractivity contribution in [2.75, 3.05) is 24.6 Å². The van der Waals surface area contributed by atoms with Crippen LogP contribution < -0.4 is 4.90 Å². The number of ether oxygens (including phenoxy) is 1. The van der Waals surface area contributed by atoms with Crippen molar-refractivity contribution in [1.82, 2.24) is 4.98 Å². The van der Waals surface area contributed by atoms with E-state index in [1.165, 1.54) is 6.07 Å². The molecule has 114 valence electrons. The van der Waals surface area contributed by atoms with Crippen molar-refractivity contribution in [1.29, 1.82) is 0 Å². The van der Waals surface area contributed by atoms with Gasteiger partial charge < -0.3 is 9.64 Å². The molecule has 3 rings (SSSR count). The molecule has 0 saturated carbocycles. The van der Waals surface area contributed by atoms with Gasteiger partial charge in [-0.25, -0.2) is 4.98 Å². The maximum absolute atomic E-state index is 11.2. The summed E-state index contributed by atoms with van der Waals surface area (Å²) < 4.78 is 6.39. The number of piperidine rings is 1. The normalized spacial score (nSPS) is 23.5. The standard InChI is InChI=1S/C14H18BrN3O3/c15-11-8-12(18(19)20)14(16-9-11)17-5-3-10(4-6-17)13-2-1-7-21-13/h8-10,13H,1-7H2. The number of nitro groups is 1. The molecule has 1 aromatic heterocycles. The number of rotatable bonds is 3. The molecule has 0 spiro atoms. The summed E-state index contributed by atoms with van der Waals surface area (Å²) in [4.78, 5) is 17.1. The molecule has 2 saturated heterocycles. The van der Waals surface area contributed by atoms with Gasteiger partial charge >= 0.3 is 5.69 Å². The molecule has 1 atom stereocenters. The van der Waals surface area contributed by atoms with Crippen molar-refractivity contribution in [2.45, 2.75) is 31.8 Å². The minimum absolute atomic E-state index is 0.0694. The van der Waals surface area contributed by atoms with E-state index in [1.54, 1.807) is 6.20 Å². The molecule has 0 aliphatic carbocycles. The predicted molar refractivity (Wildman–Crippen MR) is 82.5 cm³/mol. The second-order valence-corrected chi connectivity index (χ2v) is 6.55. The van der Waals surface area contributed by atoms with E-state index in [4.69, 9.17) is 4.74 Å². The SMILES string of the molecule is O=[N+]([O-])c1cc(Br)cnc1N1CCC(C2CCCO2)CC1. The molecule has 6 nitrogen and oxygen atoms in total. The summed E-state index contributed by atoms with van der Waals surface area (Å²) >= 11 is 3.24. The Labute approximate surface area is 131 Å². The van der Waals surface area contributed by atoms with Gasteiger partial charge in [-0.15, -0.1) is 0 Å². The van der Waals surface area contributed by atoms with Gasteiger partial charge in [-0.05, 0) is 47.5 Å². The van der Waals surface area contributed by atoms with E-state index in [0.29, 0.717) is 22.3 Å². The Balaban J connectivity index is 1.70. The zero-order valence-electron chi connectivity index (χ0n) is 11.7. The fourth-order valence-electron chi connectivity index (χ4n) is 3.26. The van der Waals surface area contributed by atoms with Crippen molar-refractivity contribution in [3.63, 3.8) is 0 Å². The smallest absolute Gasteiger partial charge is 0.312 e. The van der Waals surface area contributed by atoms with Gasteiger partial charge in [0.25, 0.3) is 0 Å². The molecule has 1 unspecified atom stereocenters. The van der Waals surface area contributed by atoms with E-state index >= 15 is 0 Å². The third-order valence-electron chi connectivity index (χ3n) is 4.34. The van der Waals surface area contributed by atoms with Crippen molar-refractivity contribution in [2.24, 2.45) is 5.92 Å². The lowest BCUT2D eigenvalue weighted by molar-refractivity contribution is -0.384. The van der Waals surface area contributed by atoms with Crippen LogP contribution in [0.5, 0.6) is 0 Å². The van der Waals surface area contributed by atoms with Gasteiger partial charge in [0.05, 0.1) is 11.0 Å². The largest absolute Gasteiger partial charge is 0.378 e. The molecule has 21 heavy (non-hydrogen) atoms. The van der Waals surface area contributed by atoms with Gasteiger partial charge in [0.2, 0.25) is 5.82 Å². The molecular weight excluding hydrogens is 338 g/mol. The zero-order chi connectivity index (χ0) is 14.8. The summed E-state index contributed by atoms with van der Waals surface area (Å²) in [5, 5.41) is 11.2. The van der Waals surface area contributed by atoms with Crippen LogP contribution in [0.1, 0.15) is 25.7 Å². The Hall–Kier alpha value is -1.21. The Morgan fingerprint density at radius 3 is 2.76 bits per heavy atom. The average Bonchev–Trinajstić information content (AvgIpc) is 3.01. The molecule has 0 N–H and O–H groups in total. The number of hydrogen-bond donors (Lipinski definition) is 0. The van der Waals surface area contributed by atoms with E-state index in [2.05, 4.69) is 20.9 Å². The summed E-state index contributed by atoms with van der Waals surface area (Å²) in [5.41, 5.74) is 0.0694. The van der Waals surface area contributed by atoms with Gasteiger partial charge in [0.1, 0.15) is 0 Å². The lowest BCUT2D eigenvalue weighted by Crippen LogP contribution is -2.38. The first kappa shape index (κ1) is 14.7. The highest BCUT2D eigenvalue weighted by Gasteiger charge is 2.31. The highest BCUT2D eigenvalue weighted by atomic mass is 79.9. The molecule has 7 heteroatoms. The van der Waals surface area contributed by atoms with E-state index in [9.17, 15) is 10.1 Å². The molecule has 0 aromatic carbocycles. The van der Waals surface area contributed by atoms with Crippen LogP contribution in [0.3, 0.4) is 0 Å². The number of aromatic nitrogens is 1. The quantitative estimate of drug-likeness (QED) is 0.615. The molecule has 0 bridgehead atoms. The molecule has 1 aromatic rings. The number of halogens is 1. The number of pyridine rings is 1.